The molecule has 4 heteroatoms. The van der Waals surface area contributed by atoms with E-state index in [1.807, 2.05) is 0 Å². The Balaban J connectivity index is 3.02. The summed E-state index contributed by atoms with van der Waals surface area (Å²) in [4.78, 5) is 10.2. The van der Waals surface area contributed by atoms with E-state index in [2.05, 4.69) is 0 Å². The summed E-state index contributed by atoms with van der Waals surface area (Å²) < 4.78 is 12.8. The van der Waals surface area contributed by atoms with Gasteiger partial charge in [0.05, 0.1) is 0 Å². The Morgan fingerprint density at radius 3 is 2.50 bits per heavy atom. The predicted molar refractivity (Wildman–Crippen MR) is 39.0 cm³/mol. The standard InChI is InChI=1S/C8H7FO3/c9-6-4-2-1-3-5(6)7(10)8(11)12/h1-4,7,10H,(H,11,12)/t7-/m0/s1. The van der Waals surface area contributed by atoms with Crippen molar-refractivity contribution in [2.75, 3.05) is 0 Å². The van der Waals surface area contributed by atoms with Gasteiger partial charge in [-0.2, -0.15) is 0 Å². The first-order valence-corrected chi connectivity index (χ1v) is 3.28. The number of hydrogen-bond acceptors (Lipinski definition) is 2. The summed E-state index contributed by atoms with van der Waals surface area (Å²) in [6, 6.07) is 5.22. The third-order valence-electron chi connectivity index (χ3n) is 1.43. The van der Waals surface area contributed by atoms with Crippen molar-refractivity contribution in [2.24, 2.45) is 0 Å². The van der Waals surface area contributed by atoms with Crippen LogP contribution in [0, 0.1) is 5.82 Å². The molecule has 0 bridgehead atoms. The first kappa shape index (κ1) is 8.67. The summed E-state index contributed by atoms with van der Waals surface area (Å²) in [6.07, 6.45) is -1.79. The van der Waals surface area contributed by atoms with Gasteiger partial charge in [-0.3, -0.25) is 0 Å². The molecule has 0 radical (unpaired) electrons. The number of benzene rings is 1. The summed E-state index contributed by atoms with van der Waals surface area (Å²) in [5, 5.41) is 17.3. The van der Waals surface area contributed by atoms with Gasteiger partial charge in [-0.05, 0) is 6.07 Å². The van der Waals surface area contributed by atoms with E-state index in [4.69, 9.17) is 10.2 Å². The zero-order valence-electron chi connectivity index (χ0n) is 6.07. The number of aliphatic hydroxyl groups is 1. The normalized spacial score (nSPS) is 12.5. The van der Waals surface area contributed by atoms with Crippen LogP contribution < -0.4 is 0 Å². The molecule has 2 N–H and O–H groups in total. The minimum Gasteiger partial charge on any atom is -0.479 e. The highest BCUT2D eigenvalue weighted by atomic mass is 19.1. The molecule has 0 heterocycles. The average Bonchev–Trinajstić information content (AvgIpc) is 2.04. The molecule has 0 saturated heterocycles. The van der Waals surface area contributed by atoms with Gasteiger partial charge in [0.25, 0.3) is 0 Å². The molecular formula is C8H7FO3. The lowest BCUT2D eigenvalue weighted by molar-refractivity contribution is -0.147. The van der Waals surface area contributed by atoms with Crippen LogP contribution in [-0.2, 0) is 4.79 Å². The van der Waals surface area contributed by atoms with Crippen LogP contribution in [0.4, 0.5) is 4.39 Å². The maximum Gasteiger partial charge on any atom is 0.337 e. The van der Waals surface area contributed by atoms with Gasteiger partial charge in [0.1, 0.15) is 5.82 Å². The van der Waals surface area contributed by atoms with Crippen LogP contribution in [0.3, 0.4) is 0 Å². The molecule has 0 spiro atoms. The van der Waals surface area contributed by atoms with Crippen molar-refractivity contribution in [1.29, 1.82) is 0 Å². The van der Waals surface area contributed by atoms with Crippen LogP contribution in [-0.4, -0.2) is 16.2 Å². The molecule has 12 heavy (non-hydrogen) atoms. The largest absolute Gasteiger partial charge is 0.479 e. The van der Waals surface area contributed by atoms with Crippen LogP contribution >= 0.6 is 0 Å². The van der Waals surface area contributed by atoms with Gasteiger partial charge in [-0.1, -0.05) is 18.2 Å². The molecule has 0 unspecified atom stereocenters. The zero-order valence-corrected chi connectivity index (χ0v) is 6.07. The Kier molecular flexibility index (Phi) is 2.40. The van der Waals surface area contributed by atoms with Crippen LogP contribution in [0.2, 0.25) is 0 Å². The molecule has 0 saturated carbocycles. The molecule has 1 aromatic rings. The number of aliphatic hydroxyl groups excluding tert-OH is 1. The highest BCUT2D eigenvalue weighted by Gasteiger charge is 2.18. The Bertz CT molecular complexity index is 298. The third kappa shape index (κ3) is 1.60. The van der Waals surface area contributed by atoms with E-state index in [1.165, 1.54) is 18.2 Å². The number of halogens is 1. The molecule has 0 fully saturated rings. The topological polar surface area (TPSA) is 57.5 Å². The second kappa shape index (κ2) is 3.32. The number of carboxylic acid groups (broad SMARTS) is 1. The Hall–Kier alpha value is -1.42. The Morgan fingerprint density at radius 2 is 2.00 bits per heavy atom. The van der Waals surface area contributed by atoms with Crippen molar-refractivity contribution in [3.05, 3.63) is 35.6 Å². The average molecular weight is 170 g/mol. The van der Waals surface area contributed by atoms with Gasteiger partial charge in [0.2, 0.25) is 0 Å². The van der Waals surface area contributed by atoms with Crippen molar-refractivity contribution < 1.29 is 19.4 Å². The molecule has 1 rings (SSSR count). The van der Waals surface area contributed by atoms with E-state index < -0.39 is 17.9 Å². The quantitative estimate of drug-likeness (QED) is 0.694. The summed E-state index contributed by atoms with van der Waals surface area (Å²) >= 11 is 0. The van der Waals surface area contributed by atoms with Crippen LogP contribution in [0.5, 0.6) is 0 Å². The number of carbonyl (C=O) groups is 1. The maximum atomic E-state index is 12.8. The summed E-state index contributed by atoms with van der Waals surface area (Å²) in [6.45, 7) is 0. The van der Waals surface area contributed by atoms with E-state index >= 15 is 0 Å². The number of rotatable bonds is 2. The van der Waals surface area contributed by atoms with Gasteiger partial charge < -0.3 is 10.2 Å². The van der Waals surface area contributed by atoms with Gasteiger partial charge >= 0.3 is 5.97 Å². The van der Waals surface area contributed by atoms with Crippen LogP contribution in [0.1, 0.15) is 11.7 Å². The SMILES string of the molecule is O=C(O)[C@@H](O)c1ccccc1F. The monoisotopic (exact) mass is 170 g/mol. The van der Waals surface area contributed by atoms with E-state index in [1.54, 1.807) is 0 Å². The molecule has 0 aliphatic carbocycles. The lowest BCUT2D eigenvalue weighted by Gasteiger charge is -2.05. The predicted octanol–water partition coefficient (Wildman–Crippen LogP) is 0.944. The lowest BCUT2D eigenvalue weighted by atomic mass is 10.1. The van der Waals surface area contributed by atoms with E-state index in [0.29, 0.717) is 0 Å². The Labute approximate surface area is 68.1 Å². The Morgan fingerprint density at radius 1 is 1.42 bits per heavy atom. The van der Waals surface area contributed by atoms with Gasteiger partial charge in [-0.15, -0.1) is 0 Å². The van der Waals surface area contributed by atoms with E-state index in [9.17, 15) is 9.18 Å². The highest BCUT2D eigenvalue weighted by Crippen LogP contribution is 2.15. The van der Waals surface area contributed by atoms with Crippen molar-refractivity contribution in [1.82, 2.24) is 0 Å². The van der Waals surface area contributed by atoms with Gasteiger partial charge in [-0.25, -0.2) is 9.18 Å². The smallest absolute Gasteiger partial charge is 0.337 e. The minimum atomic E-state index is -1.79. The van der Waals surface area contributed by atoms with Crippen molar-refractivity contribution in [3.63, 3.8) is 0 Å². The summed E-state index contributed by atoms with van der Waals surface area (Å²) in [7, 11) is 0. The fourth-order valence-electron chi connectivity index (χ4n) is 0.830. The molecular weight excluding hydrogens is 163 g/mol. The molecule has 0 aromatic heterocycles. The first-order chi connectivity index (χ1) is 5.63. The molecule has 0 amide bonds. The molecule has 1 atom stereocenters. The van der Waals surface area contributed by atoms with Crippen molar-refractivity contribution in [2.45, 2.75) is 6.10 Å². The molecule has 64 valence electrons. The van der Waals surface area contributed by atoms with E-state index in [0.717, 1.165) is 6.07 Å². The number of carboxylic acids is 1. The maximum absolute atomic E-state index is 12.8. The van der Waals surface area contributed by atoms with Crippen molar-refractivity contribution in [3.8, 4) is 0 Å². The fourth-order valence-corrected chi connectivity index (χ4v) is 0.830. The zero-order chi connectivity index (χ0) is 9.14. The summed E-state index contributed by atoms with van der Waals surface area (Å²) in [5.74, 6) is -2.17. The second-order valence-corrected chi connectivity index (χ2v) is 2.26. The number of hydrogen-bond donors (Lipinski definition) is 2. The molecule has 0 aliphatic rings. The lowest BCUT2D eigenvalue weighted by Crippen LogP contribution is -2.11. The minimum absolute atomic E-state index is 0.218. The fraction of sp³-hybridized carbons (Fsp3) is 0.125. The number of aliphatic carboxylic acids is 1. The molecule has 0 aliphatic heterocycles. The van der Waals surface area contributed by atoms with Crippen LogP contribution in [0.25, 0.3) is 0 Å². The van der Waals surface area contributed by atoms with Gasteiger partial charge in [0.15, 0.2) is 6.10 Å². The van der Waals surface area contributed by atoms with Crippen LogP contribution in [0.15, 0.2) is 24.3 Å². The first-order valence-electron chi connectivity index (χ1n) is 3.28. The second-order valence-electron chi connectivity index (χ2n) is 2.26. The van der Waals surface area contributed by atoms with E-state index in [-0.39, 0.29) is 5.56 Å². The summed E-state index contributed by atoms with van der Waals surface area (Å²) in [5.41, 5.74) is -0.218. The molecule has 1 aromatic carbocycles. The third-order valence-corrected chi connectivity index (χ3v) is 1.43. The highest BCUT2D eigenvalue weighted by molar-refractivity contribution is 5.74. The molecule has 3 nitrogen and oxygen atoms in total. The van der Waals surface area contributed by atoms with Crippen molar-refractivity contribution >= 4 is 5.97 Å². The van der Waals surface area contributed by atoms with Gasteiger partial charge in [0, 0.05) is 5.56 Å².